The van der Waals surface area contributed by atoms with Crippen molar-refractivity contribution in [2.75, 3.05) is 25.1 Å². The Morgan fingerprint density at radius 3 is 2.00 bits per heavy atom. The summed E-state index contributed by atoms with van der Waals surface area (Å²) in [5.41, 5.74) is -0.402. The summed E-state index contributed by atoms with van der Waals surface area (Å²) in [4.78, 5) is 58.1. The van der Waals surface area contributed by atoms with Gasteiger partial charge in [-0.15, -0.1) is 0 Å². The number of imidazole rings is 1. The number of carbonyl (C=O) groups excluding carboxylic acids is 4. The van der Waals surface area contributed by atoms with Gasteiger partial charge in [0, 0.05) is 5.56 Å². The fraction of sp³-hybridized carbons (Fsp3) is 0.237. The molecular weight excluding hydrogens is 667 g/mol. The lowest BCUT2D eigenvalue weighted by molar-refractivity contribution is -0.170. The van der Waals surface area contributed by atoms with Crippen LogP contribution in [0.5, 0.6) is 0 Å². The Morgan fingerprint density at radius 2 is 1.37 bits per heavy atom. The maximum absolute atomic E-state index is 13.6. The van der Waals surface area contributed by atoms with Crippen molar-refractivity contribution < 1.29 is 46.6 Å². The van der Waals surface area contributed by atoms with E-state index in [0.717, 1.165) is 12.1 Å². The van der Waals surface area contributed by atoms with E-state index in [1.165, 1.54) is 12.1 Å². The number of esters is 3. The molecule has 0 unspecified atom stereocenters. The van der Waals surface area contributed by atoms with Gasteiger partial charge in [-0.2, -0.15) is 13.2 Å². The second-order valence-corrected chi connectivity index (χ2v) is 11.4. The molecule has 0 bridgehead atoms. The Bertz CT molecular complexity index is 2040. The van der Waals surface area contributed by atoms with Crippen LogP contribution in [0.15, 0.2) is 97.1 Å². The average molecular weight is 702 g/mol. The summed E-state index contributed by atoms with van der Waals surface area (Å²) in [5, 5.41) is 2.84. The number of anilines is 1. The Balaban J connectivity index is 1.39. The highest BCUT2D eigenvalue weighted by Gasteiger charge is 2.52. The molecule has 1 heterocycles. The smallest absolute Gasteiger partial charge is 0.416 e. The Kier molecular flexibility index (Phi) is 10.9. The highest BCUT2D eigenvalue weighted by Crippen LogP contribution is 2.33. The van der Waals surface area contributed by atoms with Crippen molar-refractivity contribution in [3.8, 4) is 11.1 Å². The SMILES string of the molecule is CCOC(=O)C(COC(=O)Cn1c(C)nc2c(NC(=O)c3ccccc3-c3ccc(C(F)(F)F)cc3)cccc21)(C(=O)OCC)c1ccccc1. The zero-order valence-electron chi connectivity index (χ0n) is 28.0. The van der Waals surface area contributed by atoms with Crippen molar-refractivity contribution in [3.63, 3.8) is 0 Å². The van der Waals surface area contributed by atoms with Crippen molar-refractivity contribution in [1.82, 2.24) is 9.55 Å². The number of para-hydroxylation sites is 1. The van der Waals surface area contributed by atoms with Crippen LogP contribution in [-0.4, -0.2) is 53.2 Å². The predicted molar refractivity (Wildman–Crippen MR) is 182 cm³/mol. The zero-order chi connectivity index (χ0) is 36.8. The van der Waals surface area contributed by atoms with Gasteiger partial charge in [0.05, 0.1) is 30.0 Å². The average Bonchev–Trinajstić information content (AvgIpc) is 3.44. The summed E-state index contributed by atoms with van der Waals surface area (Å²) in [6.07, 6.45) is -4.50. The minimum absolute atomic E-state index is 0.0273. The van der Waals surface area contributed by atoms with Crippen LogP contribution in [-0.2, 0) is 46.7 Å². The van der Waals surface area contributed by atoms with Crippen LogP contribution < -0.4 is 5.32 Å². The number of aryl methyl sites for hydroxylation is 1. The van der Waals surface area contributed by atoms with E-state index in [4.69, 9.17) is 14.2 Å². The van der Waals surface area contributed by atoms with E-state index in [2.05, 4.69) is 10.3 Å². The zero-order valence-corrected chi connectivity index (χ0v) is 28.0. The normalized spacial score (nSPS) is 11.6. The first-order valence-electron chi connectivity index (χ1n) is 16.0. The van der Waals surface area contributed by atoms with Gasteiger partial charge >= 0.3 is 24.1 Å². The van der Waals surface area contributed by atoms with Gasteiger partial charge in [-0.25, -0.2) is 4.98 Å². The van der Waals surface area contributed by atoms with Gasteiger partial charge in [0.2, 0.25) is 5.41 Å². The Hall–Kier alpha value is -5.98. The van der Waals surface area contributed by atoms with Gasteiger partial charge in [-0.05, 0) is 67.8 Å². The number of hydrogen-bond acceptors (Lipinski definition) is 8. The molecule has 0 saturated carbocycles. The van der Waals surface area contributed by atoms with Crippen LogP contribution in [0.4, 0.5) is 18.9 Å². The fourth-order valence-electron chi connectivity index (χ4n) is 5.64. The lowest BCUT2D eigenvalue weighted by atomic mass is 9.81. The van der Waals surface area contributed by atoms with Crippen LogP contribution in [0, 0.1) is 6.92 Å². The lowest BCUT2D eigenvalue weighted by Crippen LogP contribution is -2.50. The Morgan fingerprint density at radius 1 is 0.745 bits per heavy atom. The topological polar surface area (TPSA) is 126 Å². The molecule has 0 aliphatic rings. The molecule has 10 nitrogen and oxygen atoms in total. The number of nitrogens with one attached hydrogen (secondary N) is 1. The van der Waals surface area contributed by atoms with E-state index >= 15 is 0 Å². The number of alkyl halides is 3. The van der Waals surface area contributed by atoms with Crippen LogP contribution >= 0.6 is 0 Å². The van der Waals surface area contributed by atoms with Gasteiger partial charge in [0.25, 0.3) is 5.91 Å². The van der Waals surface area contributed by atoms with Crippen molar-refractivity contribution in [2.24, 2.45) is 0 Å². The first-order valence-corrected chi connectivity index (χ1v) is 16.0. The maximum atomic E-state index is 13.6. The minimum Gasteiger partial charge on any atom is -0.465 e. The maximum Gasteiger partial charge on any atom is 0.416 e. The predicted octanol–water partition coefficient (Wildman–Crippen LogP) is 6.89. The fourth-order valence-corrected chi connectivity index (χ4v) is 5.64. The van der Waals surface area contributed by atoms with Crippen molar-refractivity contribution in [2.45, 2.75) is 38.9 Å². The standard InChI is InChI=1S/C38H34F3N3O7/c1-4-49-35(47)37(36(48)50-5-2,26-12-7-6-8-13-26)23-51-32(45)22-44-24(3)42-33-30(16-11-17-31(33)44)43-34(46)29-15-10-9-14-28(29)25-18-20-27(21-19-25)38(39,40)41/h6-21H,4-5,22-23H2,1-3H3,(H,43,46). The third kappa shape index (κ3) is 7.62. The summed E-state index contributed by atoms with van der Waals surface area (Å²) in [6, 6.07) is 24.1. The second-order valence-electron chi connectivity index (χ2n) is 11.4. The number of rotatable bonds is 12. The number of fused-ring (bicyclic) bond motifs is 1. The van der Waals surface area contributed by atoms with Crippen molar-refractivity contribution >= 4 is 40.5 Å². The number of halogens is 3. The summed E-state index contributed by atoms with van der Waals surface area (Å²) >= 11 is 0. The summed E-state index contributed by atoms with van der Waals surface area (Å²) < 4.78 is 57.0. The quantitative estimate of drug-likeness (QED) is 0.0847. The molecule has 0 aliphatic carbocycles. The molecule has 0 fully saturated rings. The van der Waals surface area contributed by atoms with Crippen LogP contribution in [0.2, 0.25) is 0 Å². The van der Waals surface area contributed by atoms with E-state index in [0.29, 0.717) is 33.7 Å². The van der Waals surface area contributed by atoms with E-state index in [1.54, 1.807) is 98.1 Å². The third-order valence-electron chi connectivity index (χ3n) is 8.16. The number of amides is 1. The van der Waals surface area contributed by atoms with Crippen LogP contribution in [0.25, 0.3) is 22.2 Å². The minimum atomic E-state index is -4.50. The monoisotopic (exact) mass is 701 g/mol. The summed E-state index contributed by atoms with van der Waals surface area (Å²) in [7, 11) is 0. The molecule has 1 amide bonds. The molecule has 264 valence electrons. The van der Waals surface area contributed by atoms with Crippen molar-refractivity contribution in [1.29, 1.82) is 0 Å². The first kappa shape index (κ1) is 36.3. The molecule has 0 atom stereocenters. The van der Waals surface area contributed by atoms with E-state index in [1.807, 2.05) is 0 Å². The summed E-state index contributed by atoms with van der Waals surface area (Å²) in [6.45, 7) is 3.75. The summed E-state index contributed by atoms with van der Waals surface area (Å²) in [5.74, 6) is -2.76. The molecule has 0 saturated heterocycles. The molecule has 1 N–H and O–H groups in total. The largest absolute Gasteiger partial charge is 0.465 e. The molecule has 0 aliphatic heterocycles. The number of ether oxygens (including phenoxy) is 3. The molecule has 5 aromatic rings. The lowest BCUT2D eigenvalue weighted by Gasteiger charge is -2.29. The number of aromatic nitrogens is 2. The van der Waals surface area contributed by atoms with Crippen LogP contribution in [0.3, 0.4) is 0 Å². The first-order chi connectivity index (χ1) is 24.4. The molecule has 13 heteroatoms. The highest BCUT2D eigenvalue weighted by atomic mass is 19.4. The highest BCUT2D eigenvalue weighted by molar-refractivity contribution is 6.11. The second kappa shape index (κ2) is 15.3. The van der Waals surface area contributed by atoms with Crippen molar-refractivity contribution in [3.05, 3.63) is 120 Å². The molecule has 5 rings (SSSR count). The molecule has 1 aromatic heterocycles. The van der Waals surface area contributed by atoms with Crippen LogP contribution in [0.1, 0.15) is 41.2 Å². The van der Waals surface area contributed by atoms with Gasteiger partial charge < -0.3 is 24.1 Å². The number of carbonyl (C=O) groups is 4. The molecule has 4 aromatic carbocycles. The molecular formula is C38H34F3N3O7. The van der Waals surface area contributed by atoms with Gasteiger partial charge in [-0.3, -0.25) is 19.2 Å². The van der Waals surface area contributed by atoms with E-state index < -0.39 is 47.6 Å². The number of nitrogens with zero attached hydrogens (tertiary/aromatic N) is 2. The number of benzene rings is 4. The molecule has 0 spiro atoms. The van der Waals surface area contributed by atoms with Gasteiger partial charge in [-0.1, -0.05) is 66.7 Å². The van der Waals surface area contributed by atoms with E-state index in [-0.39, 0.29) is 30.9 Å². The van der Waals surface area contributed by atoms with E-state index in [9.17, 15) is 32.3 Å². The Labute approximate surface area is 291 Å². The molecule has 0 radical (unpaired) electrons. The molecule has 51 heavy (non-hydrogen) atoms. The van der Waals surface area contributed by atoms with Gasteiger partial charge in [0.1, 0.15) is 24.5 Å². The van der Waals surface area contributed by atoms with Gasteiger partial charge in [0.15, 0.2) is 0 Å². The third-order valence-corrected chi connectivity index (χ3v) is 8.16. The number of hydrogen-bond donors (Lipinski definition) is 1.